The number of amides is 1. The third-order valence-electron chi connectivity index (χ3n) is 4.52. The zero-order valence-electron chi connectivity index (χ0n) is 15.5. The van der Waals surface area contributed by atoms with E-state index in [0.717, 1.165) is 25.2 Å². The van der Waals surface area contributed by atoms with E-state index in [9.17, 15) is 4.79 Å². The largest absolute Gasteiger partial charge is 0.356 e. The second kappa shape index (κ2) is 11.2. The summed E-state index contributed by atoms with van der Waals surface area (Å²) in [6, 6.07) is 1.82. The minimum atomic E-state index is 0. The van der Waals surface area contributed by atoms with Gasteiger partial charge in [-0.05, 0) is 24.8 Å². The van der Waals surface area contributed by atoms with Crippen molar-refractivity contribution in [1.29, 1.82) is 0 Å². The van der Waals surface area contributed by atoms with Gasteiger partial charge in [0, 0.05) is 45.8 Å². The van der Waals surface area contributed by atoms with E-state index in [1.54, 1.807) is 7.05 Å². The topological polar surface area (TPSA) is 61.7 Å². The molecule has 1 aliphatic heterocycles. The Bertz CT molecular complexity index is 635. The summed E-state index contributed by atoms with van der Waals surface area (Å²) in [6.07, 6.45) is 2.78. The number of carbonyl (C=O) groups excluding carboxylic acids is 1. The van der Waals surface area contributed by atoms with Crippen LogP contribution in [0.3, 0.4) is 0 Å². The summed E-state index contributed by atoms with van der Waals surface area (Å²) in [4.78, 5) is 18.4. The van der Waals surface area contributed by atoms with Crippen molar-refractivity contribution >= 4 is 59.0 Å². The van der Waals surface area contributed by atoms with Gasteiger partial charge >= 0.3 is 0 Å². The molecule has 0 spiro atoms. The van der Waals surface area contributed by atoms with Gasteiger partial charge in [-0.15, -0.1) is 24.0 Å². The van der Waals surface area contributed by atoms with Crippen LogP contribution in [0.2, 0.25) is 10.2 Å². The molecule has 6 nitrogen and oxygen atoms in total. The summed E-state index contributed by atoms with van der Waals surface area (Å²) in [5, 5.41) is 7.43. The first-order valence-electron chi connectivity index (χ1n) is 8.64. The Balaban J connectivity index is 0.00000338. The standard InChI is InChI=1S/C17H27Cl2N5O.HI/c1-12-5-4-8-24(11-12)15(25)6-7-21-17(20-2)22-10-13-9-14(18)16(19)23(13)3;/h9,12H,4-8,10-11H2,1-3H3,(H2,20,21,22);1H. The van der Waals surface area contributed by atoms with E-state index in [2.05, 4.69) is 22.5 Å². The molecule has 1 aromatic heterocycles. The molecule has 1 aliphatic rings. The van der Waals surface area contributed by atoms with E-state index in [4.69, 9.17) is 23.2 Å². The number of carbonyl (C=O) groups is 1. The lowest BCUT2D eigenvalue weighted by Crippen LogP contribution is -2.42. The van der Waals surface area contributed by atoms with Crippen molar-refractivity contribution in [3.05, 3.63) is 21.9 Å². The van der Waals surface area contributed by atoms with Crippen molar-refractivity contribution in [2.24, 2.45) is 18.0 Å². The van der Waals surface area contributed by atoms with Gasteiger partial charge in [0.2, 0.25) is 5.91 Å². The fraction of sp³-hybridized carbons (Fsp3) is 0.647. The van der Waals surface area contributed by atoms with Crippen LogP contribution in [0, 0.1) is 5.92 Å². The normalized spacial score (nSPS) is 17.7. The van der Waals surface area contributed by atoms with Crippen molar-refractivity contribution in [2.45, 2.75) is 32.7 Å². The number of likely N-dealkylation sites (tertiary alicyclic amines) is 1. The highest BCUT2D eigenvalue weighted by molar-refractivity contribution is 14.0. The molecular formula is C17H28Cl2IN5O. The average Bonchev–Trinajstić information content (AvgIpc) is 2.84. The lowest BCUT2D eigenvalue weighted by Gasteiger charge is -2.31. The maximum atomic E-state index is 12.3. The minimum Gasteiger partial charge on any atom is -0.356 e. The van der Waals surface area contributed by atoms with Gasteiger partial charge in [-0.3, -0.25) is 9.79 Å². The van der Waals surface area contributed by atoms with Gasteiger partial charge < -0.3 is 20.1 Å². The van der Waals surface area contributed by atoms with Gasteiger partial charge in [0.1, 0.15) is 5.15 Å². The van der Waals surface area contributed by atoms with Crippen LogP contribution < -0.4 is 10.6 Å². The molecule has 0 aliphatic carbocycles. The van der Waals surface area contributed by atoms with Crippen LogP contribution in [0.15, 0.2) is 11.1 Å². The van der Waals surface area contributed by atoms with Crippen LogP contribution >= 0.6 is 47.2 Å². The van der Waals surface area contributed by atoms with Gasteiger partial charge in [-0.25, -0.2) is 0 Å². The average molecular weight is 516 g/mol. The maximum absolute atomic E-state index is 12.3. The first-order valence-corrected chi connectivity index (χ1v) is 9.39. The molecule has 1 aromatic rings. The third-order valence-corrected chi connectivity index (χ3v) is 5.36. The highest BCUT2D eigenvalue weighted by Crippen LogP contribution is 2.24. The smallest absolute Gasteiger partial charge is 0.224 e. The van der Waals surface area contributed by atoms with Gasteiger partial charge in [0.15, 0.2) is 5.96 Å². The predicted octanol–water partition coefficient (Wildman–Crippen LogP) is 3.26. The molecule has 2 heterocycles. The number of piperidine rings is 1. The zero-order valence-corrected chi connectivity index (χ0v) is 19.4. The molecule has 148 valence electrons. The second-order valence-electron chi connectivity index (χ2n) is 6.52. The number of aliphatic imine (C=N–C) groups is 1. The van der Waals surface area contributed by atoms with Crippen molar-refractivity contribution in [3.8, 4) is 0 Å². The molecule has 0 saturated carbocycles. The van der Waals surface area contributed by atoms with E-state index >= 15 is 0 Å². The molecule has 0 bridgehead atoms. The quantitative estimate of drug-likeness (QED) is 0.359. The molecule has 1 amide bonds. The van der Waals surface area contributed by atoms with E-state index < -0.39 is 0 Å². The highest BCUT2D eigenvalue weighted by Gasteiger charge is 2.20. The van der Waals surface area contributed by atoms with Crippen LogP contribution in [-0.4, -0.2) is 48.0 Å². The number of rotatable bonds is 5. The SMILES string of the molecule is CN=C(NCCC(=O)N1CCCC(C)C1)NCc1cc(Cl)c(Cl)n1C.I. The lowest BCUT2D eigenvalue weighted by atomic mass is 10.00. The molecule has 1 atom stereocenters. The number of halogens is 3. The molecule has 9 heteroatoms. The van der Waals surface area contributed by atoms with Crippen LogP contribution in [0.5, 0.6) is 0 Å². The Morgan fingerprint density at radius 3 is 2.69 bits per heavy atom. The third kappa shape index (κ3) is 6.49. The molecule has 26 heavy (non-hydrogen) atoms. The van der Waals surface area contributed by atoms with Crippen LogP contribution in [0.25, 0.3) is 0 Å². The number of hydrogen-bond donors (Lipinski definition) is 2. The summed E-state index contributed by atoms with van der Waals surface area (Å²) in [6.45, 7) is 5.05. The van der Waals surface area contributed by atoms with Crippen LogP contribution in [-0.2, 0) is 18.4 Å². The summed E-state index contributed by atoms with van der Waals surface area (Å²) in [7, 11) is 3.56. The first-order chi connectivity index (χ1) is 11.9. The first kappa shape index (κ1) is 23.4. The Hall–Kier alpha value is -0.670. The molecule has 1 saturated heterocycles. The van der Waals surface area contributed by atoms with Crippen molar-refractivity contribution in [1.82, 2.24) is 20.1 Å². The lowest BCUT2D eigenvalue weighted by molar-refractivity contribution is -0.132. The summed E-state index contributed by atoms with van der Waals surface area (Å²) >= 11 is 12.1. The minimum absolute atomic E-state index is 0. The van der Waals surface area contributed by atoms with Gasteiger partial charge in [-0.2, -0.15) is 0 Å². The number of nitrogens with zero attached hydrogens (tertiary/aromatic N) is 3. The monoisotopic (exact) mass is 515 g/mol. The Kier molecular flexibility index (Phi) is 10.1. The fourth-order valence-corrected chi connectivity index (χ4v) is 3.43. The second-order valence-corrected chi connectivity index (χ2v) is 7.29. The number of aromatic nitrogens is 1. The van der Waals surface area contributed by atoms with Crippen molar-refractivity contribution in [3.63, 3.8) is 0 Å². The zero-order chi connectivity index (χ0) is 18.4. The Morgan fingerprint density at radius 2 is 2.12 bits per heavy atom. The van der Waals surface area contributed by atoms with Crippen molar-refractivity contribution in [2.75, 3.05) is 26.7 Å². The van der Waals surface area contributed by atoms with Gasteiger partial charge in [-0.1, -0.05) is 30.1 Å². The Morgan fingerprint density at radius 1 is 1.38 bits per heavy atom. The molecular weight excluding hydrogens is 488 g/mol. The maximum Gasteiger partial charge on any atom is 0.224 e. The highest BCUT2D eigenvalue weighted by atomic mass is 127. The molecule has 0 aromatic carbocycles. The molecule has 0 radical (unpaired) electrons. The molecule has 2 N–H and O–H groups in total. The van der Waals surface area contributed by atoms with Crippen LogP contribution in [0.4, 0.5) is 0 Å². The van der Waals surface area contributed by atoms with Gasteiger partial charge in [0.25, 0.3) is 0 Å². The molecule has 1 fully saturated rings. The van der Waals surface area contributed by atoms with E-state index in [1.807, 2.05) is 22.6 Å². The molecule has 2 rings (SSSR count). The van der Waals surface area contributed by atoms with Gasteiger partial charge in [0.05, 0.1) is 11.6 Å². The van der Waals surface area contributed by atoms with Crippen molar-refractivity contribution < 1.29 is 4.79 Å². The van der Waals surface area contributed by atoms with Crippen LogP contribution in [0.1, 0.15) is 31.9 Å². The van der Waals surface area contributed by atoms with E-state index in [1.165, 1.54) is 6.42 Å². The van der Waals surface area contributed by atoms with E-state index in [0.29, 0.717) is 41.6 Å². The van der Waals surface area contributed by atoms with E-state index in [-0.39, 0.29) is 29.9 Å². The predicted molar refractivity (Wildman–Crippen MR) is 119 cm³/mol. The Labute approximate surface area is 182 Å². The summed E-state index contributed by atoms with van der Waals surface area (Å²) < 4.78 is 1.82. The number of hydrogen-bond acceptors (Lipinski definition) is 2. The molecule has 1 unspecified atom stereocenters. The number of nitrogens with one attached hydrogen (secondary N) is 2. The fourth-order valence-electron chi connectivity index (χ4n) is 3.02. The number of guanidine groups is 1. The summed E-state index contributed by atoms with van der Waals surface area (Å²) in [5.41, 5.74) is 0.955. The summed E-state index contributed by atoms with van der Waals surface area (Å²) in [5.74, 6) is 1.45.